The maximum absolute atomic E-state index is 5.22. The van der Waals surface area contributed by atoms with Crippen molar-refractivity contribution in [1.29, 1.82) is 0 Å². The molecule has 0 saturated carbocycles. The fourth-order valence-electron chi connectivity index (χ4n) is 1.47. The zero-order valence-electron chi connectivity index (χ0n) is 10.9. The lowest BCUT2D eigenvalue weighted by Crippen LogP contribution is -2.19. The molecule has 0 bridgehead atoms. The predicted molar refractivity (Wildman–Crippen MR) is 67.6 cm³/mol. The molecule has 96 valence electrons. The van der Waals surface area contributed by atoms with Crippen molar-refractivity contribution in [2.24, 2.45) is 0 Å². The molecule has 6 heteroatoms. The molecular weight excluding hydrogens is 240 g/mol. The first-order chi connectivity index (χ1) is 7.78. The van der Waals surface area contributed by atoms with Crippen molar-refractivity contribution in [1.82, 2.24) is 0 Å². The molecule has 0 aliphatic rings. The Morgan fingerprint density at radius 1 is 0.562 bits per heavy atom. The van der Waals surface area contributed by atoms with Crippen molar-refractivity contribution in [2.75, 3.05) is 28.4 Å². The van der Waals surface area contributed by atoms with Crippen LogP contribution in [-0.4, -0.2) is 47.0 Å². The van der Waals surface area contributed by atoms with Gasteiger partial charge in [0.2, 0.25) is 0 Å². The van der Waals surface area contributed by atoms with Crippen LogP contribution >= 0.6 is 0 Å². The Kier molecular flexibility index (Phi) is 12.0. The SMILES string of the molecule is CO[Si](CCCCCC[Si](OC)OC)OC. The number of hydrogen-bond acceptors (Lipinski definition) is 4. The van der Waals surface area contributed by atoms with Gasteiger partial charge in [-0.15, -0.1) is 0 Å². The van der Waals surface area contributed by atoms with Gasteiger partial charge in [-0.2, -0.15) is 0 Å². The van der Waals surface area contributed by atoms with Crippen LogP contribution in [0.3, 0.4) is 0 Å². The molecule has 0 unspecified atom stereocenters. The molecule has 0 N–H and O–H groups in total. The molecule has 0 aliphatic heterocycles. The van der Waals surface area contributed by atoms with Gasteiger partial charge in [0.05, 0.1) is 0 Å². The van der Waals surface area contributed by atoms with Crippen LogP contribution < -0.4 is 0 Å². The molecule has 0 aromatic rings. The standard InChI is InChI=1S/C10H24O4Si2/c1-11-15(12-2)9-7-5-6-8-10-16(13-3)14-4/h5-10H2,1-4H3. The number of rotatable bonds is 11. The molecule has 0 saturated heterocycles. The third kappa shape index (κ3) is 8.43. The molecule has 0 amide bonds. The van der Waals surface area contributed by atoms with E-state index < -0.39 is 18.6 Å². The van der Waals surface area contributed by atoms with E-state index in [1.54, 1.807) is 28.4 Å². The maximum Gasteiger partial charge on any atom is 0.384 e. The first-order valence-electron chi connectivity index (χ1n) is 5.66. The number of hydrogen-bond donors (Lipinski definition) is 0. The highest BCUT2D eigenvalue weighted by molar-refractivity contribution is 6.44. The van der Waals surface area contributed by atoms with Crippen LogP contribution in [0.5, 0.6) is 0 Å². The smallest absolute Gasteiger partial charge is 0.384 e. The van der Waals surface area contributed by atoms with Crippen molar-refractivity contribution in [3.63, 3.8) is 0 Å². The zero-order chi connectivity index (χ0) is 12.2. The molecule has 0 spiro atoms. The summed E-state index contributed by atoms with van der Waals surface area (Å²) in [6, 6.07) is 2.15. The van der Waals surface area contributed by atoms with E-state index in [0.717, 1.165) is 12.1 Å². The molecule has 0 rings (SSSR count). The van der Waals surface area contributed by atoms with E-state index in [9.17, 15) is 0 Å². The molecule has 0 aromatic carbocycles. The normalized spacial score (nSPS) is 11.6. The van der Waals surface area contributed by atoms with Crippen LogP contribution in [0.1, 0.15) is 25.7 Å². The van der Waals surface area contributed by atoms with Gasteiger partial charge in [0.1, 0.15) is 0 Å². The minimum Gasteiger partial charge on any atom is -0.397 e. The van der Waals surface area contributed by atoms with Crippen LogP contribution in [0.15, 0.2) is 0 Å². The summed E-state index contributed by atoms with van der Waals surface area (Å²) in [5.41, 5.74) is 0. The van der Waals surface area contributed by atoms with Crippen LogP contribution in [0.4, 0.5) is 0 Å². The molecule has 0 heterocycles. The first-order valence-corrected chi connectivity index (χ1v) is 8.70. The Hall–Kier alpha value is 0.274. The summed E-state index contributed by atoms with van der Waals surface area (Å²) < 4.78 is 20.9. The fraction of sp³-hybridized carbons (Fsp3) is 1.00. The van der Waals surface area contributed by atoms with Gasteiger partial charge in [0.25, 0.3) is 0 Å². The summed E-state index contributed by atoms with van der Waals surface area (Å²) in [7, 11) is 4.95. The average Bonchev–Trinajstić information content (AvgIpc) is 2.33. The first kappa shape index (κ1) is 16.3. The lowest BCUT2D eigenvalue weighted by atomic mass is 10.2. The van der Waals surface area contributed by atoms with E-state index in [-0.39, 0.29) is 0 Å². The molecule has 16 heavy (non-hydrogen) atoms. The summed E-state index contributed by atoms with van der Waals surface area (Å²) in [6.07, 6.45) is 4.86. The Labute approximate surface area is 103 Å². The summed E-state index contributed by atoms with van der Waals surface area (Å²) >= 11 is 0. The van der Waals surface area contributed by atoms with Gasteiger partial charge in [-0.25, -0.2) is 0 Å². The second-order valence-electron chi connectivity index (χ2n) is 3.47. The van der Waals surface area contributed by atoms with Gasteiger partial charge in [-0.1, -0.05) is 25.7 Å². The second-order valence-corrected chi connectivity index (χ2v) is 7.60. The zero-order valence-corrected chi connectivity index (χ0v) is 12.9. The van der Waals surface area contributed by atoms with E-state index in [2.05, 4.69) is 0 Å². The topological polar surface area (TPSA) is 36.9 Å². The summed E-state index contributed by atoms with van der Waals surface area (Å²) in [6.45, 7) is 0. The highest BCUT2D eigenvalue weighted by Gasteiger charge is 2.12. The van der Waals surface area contributed by atoms with E-state index in [1.807, 2.05) is 0 Å². The fourth-order valence-corrected chi connectivity index (χ4v) is 3.69. The van der Waals surface area contributed by atoms with Crippen molar-refractivity contribution >= 4 is 18.6 Å². The van der Waals surface area contributed by atoms with Gasteiger partial charge in [0.15, 0.2) is 0 Å². The van der Waals surface area contributed by atoms with Gasteiger partial charge in [-0.3, -0.25) is 0 Å². The van der Waals surface area contributed by atoms with E-state index in [1.165, 1.54) is 25.7 Å². The maximum atomic E-state index is 5.22. The monoisotopic (exact) mass is 264 g/mol. The van der Waals surface area contributed by atoms with Crippen LogP contribution in [0.25, 0.3) is 0 Å². The van der Waals surface area contributed by atoms with E-state index >= 15 is 0 Å². The second kappa shape index (κ2) is 11.8. The van der Waals surface area contributed by atoms with Crippen molar-refractivity contribution in [2.45, 2.75) is 37.8 Å². The predicted octanol–water partition coefficient (Wildman–Crippen LogP) is 2.11. The van der Waals surface area contributed by atoms with Crippen molar-refractivity contribution in [3.8, 4) is 0 Å². The highest BCUT2D eigenvalue weighted by Crippen LogP contribution is 2.10. The largest absolute Gasteiger partial charge is 0.397 e. The molecule has 0 atom stereocenters. The van der Waals surface area contributed by atoms with Crippen LogP contribution in [0, 0.1) is 0 Å². The van der Waals surface area contributed by atoms with E-state index in [0.29, 0.717) is 0 Å². The lowest BCUT2D eigenvalue weighted by Gasteiger charge is -2.10. The summed E-state index contributed by atoms with van der Waals surface area (Å²) in [4.78, 5) is 0. The Morgan fingerprint density at radius 2 is 0.875 bits per heavy atom. The number of unbranched alkanes of at least 4 members (excludes halogenated alkanes) is 3. The van der Waals surface area contributed by atoms with E-state index in [4.69, 9.17) is 17.7 Å². The molecule has 2 radical (unpaired) electrons. The molecule has 0 aliphatic carbocycles. The minimum absolute atomic E-state index is 0.979. The van der Waals surface area contributed by atoms with Gasteiger partial charge < -0.3 is 17.7 Å². The van der Waals surface area contributed by atoms with Gasteiger partial charge in [0, 0.05) is 28.4 Å². The Balaban J connectivity index is 3.26. The van der Waals surface area contributed by atoms with Crippen molar-refractivity contribution in [3.05, 3.63) is 0 Å². The highest BCUT2D eigenvalue weighted by atomic mass is 28.3. The quantitative estimate of drug-likeness (QED) is 0.423. The average molecular weight is 264 g/mol. The van der Waals surface area contributed by atoms with Gasteiger partial charge in [-0.05, 0) is 12.1 Å². The molecule has 0 fully saturated rings. The third-order valence-corrected chi connectivity index (χ3v) is 5.77. The Morgan fingerprint density at radius 3 is 1.12 bits per heavy atom. The third-order valence-electron chi connectivity index (χ3n) is 2.42. The summed E-state index contributed by atoms with van der Waals surface area (Å²) in [5.74, 6) is 0. The molecule has 4 nitrogen and oxygen atoms in total. The van der Waals surface area contributed by atoms with Gasteiger partial charge >= 0.3 is 18.6 Å². The van der Waals surface area contributed by atoms with Crippen LogP contribution in [-0.2, 0) is 17.7 Å². The molecule has 0 aromatic heterocycles. The molecular formula is C10H24O4Si2. The Bertz CT molecular complexity index is 125. The van der Waals surface area contributed by atoms with Crippen molar-refractivity contribution < 1.29 is 17.7 Å². The van der Waals surface area contributed by atoms with Crippen LogP contribution in [0.2, 0.25) is 12.1 Å². The summed E-state index contributed by atoms with van der Waals surface area (Å²) in [5, 5.41) is 0. The minimum atomic E-state index is -0.979. The lowest BCUT2D eigenvalue weighted by molar-refractivity contribution is 0.274.